The lowest BCUT2D eigenvalue weighted by Crippen LogP contribution is -2.47. The minimum absolute atomic E-state index is 0.00700. The van der Waals surface area contributed by atoms with Crippen molar-refractivity contribution >= 4 is 11.8 Å². The minimum Gasteiger partial charge on any atom is -0.350 e. The molecule has 0 aromatic rings. The Hall–Kier alpha value is -1.10. The second-order valence-corrected chi connectivity index (χ2v) is 6.26. The van der Waals surface area contributed by atoms with Gasteiger partial charge in [-0.3, -0.25) is 9.59 Å². The molecule has 1 fully saturated rings. The van der Waals surface area contributed by atoms with Crippen LogP contribution in [0.2, 0.25) is 0 Å². The first kappa shape index (κ1) is 15.0. The number of hydrogen-bond donors (Lipinski definition) is 2. The second-order valence-electron chi connectivity index (χ2n) is 6.26. The third kappa shape index (κ3) is 4.64. The topological polar surface area (TPSA) is 75.4 Å². The molecule has 0 saturated heterocycles. The molecule has 0 aromatic carbocycles. The molecule has 0 bridgehead atoms. The fourth-order valence-electron chi connectivity index (χ4n) is 2.30. The Morgan fingerprint density at radius 1 is 1.33 bits per heavy atom. The van der Waals surface area contributed by atoms with E-state index in [1.165, 1.54) is 4.90 Å². The Bertz CT molecular complexity index is 323. The molecule has 1 aliphatic rings. The third-order valence-corrected chi connectivity index (χ3v) is 3.09. The Labute approximate surface area is 109 Å². The van der Waals surface area contributed by atoms with Crippen LogP contribution in [0.5, 0.6) is 0 Å². The van der Waals surface area contributed by atoms with Crippen LogP contribution in [0, 0.1) is 5.92 Å². The quantitative estimate of drug-likeness (QED) is 0.770. The average molecular weight is 255 g/mol. The van der Waals surface area contributed by atoms with Crippen LogP contribution in [0.15, 0.2) is 0 Å². The molecular formula is C13H25N3O2. The van der Waals surface area contributed by atoms with Crippen molar-refractivity contribution in [2.75, 3.05) is 13.6 Å². The molecule has 2 amide bonds. The molecule has 0 spiro atoms. The number of carbonyl (C=O) groups is 2. The summed E-state index contributed by atoms with van der Waals surface area (Å²) in [4.78, 5) is 25.3. The van der Waals surface area contributed by atoms with Crippen molar-refractivity contribution in [2.45, 2.75) is 51.6 Å². The highest BCUT2D eigenvalue weighted by molar-refractivity contribution is 5.86. The Kier molecular flexibility index (Phi) is 4.73. The smallest absolute Gasteiger partial charge is 0.240 e. The second kappa shape index (κ2) is 5.69. The van der Waals surface area contributed by atoms with E-state index in [2.05, 4.69) is 5.32 Å². The van der Waals surface area contributed by atoms with E-state index in [9.17, 15) is 9.59 Å². The maximum atomic E-state index is 12.1. The van der Waals surface area contributed by atoms with Gasteiger partial charge in [0, 0.05) is 24.5 Å². The first-order valence-electron chi connectivity index (χ1n) is 6.50. The summed E-state index contributed by atoms with van der Waals surface area (Å²) in [5, 5.41) is 2.85. The normalized spacial score (nSPS) is 23.8. The summed E-state index contributed by atoms with van der Waals surface area (Å²) >= 11 is 0. The number of rotatable bonds is 3. The Balaban J connectivity index is 2.43. The predicted octanol–water partition coefficient (Wildman–Crippen LogP) is 0.487. The molecule has 18 heavy (non-hydrogen) atoms. The number of nitrogens with zero attached hydrogens (tertiary/aromatic N) is 1. The molecule has 0 aliphatic heterocycles. The molecule has 1 aliphatic carbocycles. The monoisotopic (exact) mass is 255 g/mol. The van der Waals surface area contributed by atoms with Crippen molar-refractivity contribution in [2.24, 2.45) is 11.7 Å². The molecule has 0 radical (unpaired) electrons. The molecule has 2 atom stereocenters. The van der Waals surface area contributed by atoms with Crippen LogP contribution < -0.4 is 11.1 Å². The van der Waals surface area contributed by atoms with Crippen LogP contribution in [-0.2, 0) is 9.59 Å². The number of amides is 2. The van der Waals surface area contributed by atoms with Gasteiger partial charge < -0.3 is 16.0 Å². The van der Waals surface area contributed by atoms with Crippen LogP contribution in [-0.4, -0.2) is 41.9 Å². The lowest BCUT2D eigenvalue weighted by Gasteiger charge is -2.24. The molecule has 2 unspecified atom stereocenters. The SMILES string of the molecule is CN(CC(=O)NC(C)(C)C)C(=O)C1CCC(N)C1. The van der Waals surface area contributed by atoms with Gasteiger partial charge in [-0.05, 0) is 40.0 Å². The van der Waals surface area contributed by atoms with Gasteiger partial charge in [-0.2, -0.15) is 0 Å². The van der Waals surface area contributed by atoms with Gasteiger partial charge in [0.2, 0.25) is 11.8 Å². The fraction of sp³-hybridized carbons (Fsp3) is 0.846. The zero-order valence-corrected chi connectivity index (χ0v) is 11.8. The van der Waals surface area contributed by atoms with E-state index in [0.717, 1.165) is 19.3 Å². The molecule has 1 saturated carbocycles. The van der Waals surface area contributed by atoms with Gasteiger partial charge in [0.15, 0.2) is 0 Å². The highest BCUT2D eigenvalue weighted by Gasteiger charge is 2.30. The summed E-state index contributed by atoms with van der Waals surface area (Å²) in [5.74, 6) is -0.0971. The van der Waals surface area contributed by atoms with Crippen LogP contribution in [0.3, 0.4) is 0 Å². The summed E-state index contributed by atoms with van der Waals surface area (Å²) in [6.07, 6.45) is 2.48. The van der Waals surface area contributed by atoms with Gasteiger partial charge in [-0.1, -0.05) is 0 Å². The maximum Gasteiger partial charge on any atom is 0.240 e. The first-order valence-corrected chi connectivity index (χ1v) is 6.50. The number of hydrogen-bond acceptors (Lipinski definition) is 3. The predicted molar refractivity (Wildman–Crippen MR) is 70.8 cm³/mol. The van der Waals surface area contributed by atoms with Crippen molar-refractivity contribution in [3.05, 3.63) is 0 Å². The largest absolute Gasteiger partial charge is 0.350 e. The lowest BCUT2D eigenvalue weighted by molar-refractivity contribution is -0.138. The van der Waals surface area contributed by atoms with Gasteiger partial charge in [0.05, 0.1) is 6.54 Å². The summed E-state index contributed by atoms with van der Waals surface area (Å²) in [5.41, 5.74) is 5.53. The number of carbonyl (C=O) groups excluding carboxylic acids is 2. The molecule has 104 valence electrons. The summed E-state index contributed by atoms with van der Waals surface area (Å²) in [6.45, 7) is 5.87. The zero-order valence-electron chi connectivity index (χ0n) is 11.8. The molecule has 0 heterocycles. The van der Waals surface area contributed by atoms with Gasteiger partial charge in [-0.15, -0.1) is 0 Å². The maximum absolute atomic E-state index is 12.1. The third-order valence-electron chi connectivity index (χ3n) is 3.09. The fourth-order valence-corrected chi connectivity index (χ4v) is 2.30. The number of nitrogens with one attached hydrogen (secondary N) is 1. The van der Waals surface area contributed by atoms with Crippen molar-refractivity contribution in [3.63, 3.8) is 0 Å². The van der Waals surface area contributed by atoms with E-state index in [1.54, 1.807) is 7.05 Å². The molecule has 3 N–H and O–H groups in total. The molecular weight excluding hydrogens is 230 g/mol. The van der Waals surface area contributed by atoms with Gasteiger partial charge in [-0.25, -0.2) is 0 Å². The van der Waals surface area contributed by atoms with E-state index >= 15 is 0 Å². The van der Waals surface area contributed by atoms with E-state index in [0.29, 0.717) is 0 Å². The van der Waals surface area contributed by atoms with Gasteiger partial charge >= 0.3 is 0 Å². The van der Waals surface area contributed by atoms with Crippen molar-refractivity contribution in [1.29, 1.82) is 0 Å². The first-order chi connectivity index (χ1) is 8.19. The average Bonchev–Trinajstić information content (AvgIpc) is 2.60. The standard InChI is InChI=1S/C13H25N3O2/c1-13(2,3)15-11(17)8-16(4)12(18)9-5-6-10(14)7-9/h9-10H,5-8,14H2,1-4H3,(H,15,17). The Morgan fingerprint density at radius 2 is 1.94 bits per heavy atom. The molecule has 5 heteroatoms. The molecule has 1 rings (SSSR count). The van der Waals surface area contributed by atoms with Crippen LogP contribution in [0.4, 0.5) is 0 Å². The molecule has 5 nitrogen and oxygen atoms in total. The van der Waals surface area contributed by atoms with Crippen molar-refractivity contribution < 1.29 is 9.59 Å². The number of nitrogens with two attached hydrogens (primary N) is 1. The number of likely N-dealkylation sites (N-methyl/N-ethyl adjacent to an activating group) is 1. The van der Waals surface area contributed by atoms with Crippen LogP contribution >= 0.6 is 0 Å². The van der Waals surface area contributed by atoms with Crippen molar-refractivity contribution in [3.8, 4) is 0 Å². The highest BCUT2D eigenvalue weighted by atomic mass is 16.2. The highest BCUT2D eigenvalue weighted by Crippen LogP contribution is 2.25. The van der Waals surface area contributed by atoms with Crippen molar-refractivity contribution in [1.82, 2.24) is 10.2 Å². The Morgan fingerprint density at radius 3 is 2.39 bits per heavy atom. The molecule has 0 aromatic heterocycles. The summed E-state index contributed by atoms with van der Waals surface area (Å²) in [7, 11) is 1.68. The van der Waals surface area contributed by atoms with E-state index in [-0.39, 0.29) is 35.9 Å². The summed E-state index contributed by atoms with van der Waals surface area (Å²) in [6, 6.07) is 0.135. The van der Waals surface area contributed by atoms with E-state index in [1.807, 2.05) is 20.8 Å². The van der Waals surface area contributed by atoms with Gasteiger partial charge in [0.1, 0.15) is 0 Å². The van der Waals surface area contributed by atoms with E-state index in [4.69, 9.17) is 5.73 Å². The van der Waals surface area contributed by atoms with Gasteiger partial charge in [0.25, 0.3) is 0 Å². The van der Waals surface area contributed by atoms with Crippen LogP contribution in [0.25, 0.3) is 0 Å². The minimum atomic E-state index is -0.267. The zero-order chi connectivity index (χ0) is 13.9. The van der Waals surface area contributed by atoms with E-state index < -0.39 is 0 Å². The van der Waals surface area contributed by atoms with Crippen LogP contribution in [0.1, 0.15) is 40.0 Å². The lowest BCUT2D eigenvalue weighted by atomic mass is 10.1. The summed E-state index contributed by atoms with van der Waals surface area (Å²) < 4.78 is 0.